The number of hydrogen-bond acceptors (Lipinski definition) is 8. The average Bonchev–Trinajstić information content (AvgIpc) is 3.59. The van der Waals surface area contributed by atoms with Gasteiger partial charge in [0.05, 0.1) is 22.6 Å². The molecule has 0 radical (unpaired) electrons. The summed E-state index contributed by atoms with van der Waals surface area (Å²) in [5.41, 5.74) is 6.76. The Balaban J connectivity index is 1.55. The van der Waals surface area contributed by atoms with Gasteiger partial charge in [0.25, 0.3) is 0 Å². The molecule has 0 aliphatic heterocycles. The van der Waals surface area contributed by atoms with Gasteiger partial charge in [-0.15, -0.1) is 0 Å². The van der Waals surface area contributed by atoms with Crippen LogP contribution in [-0.4, -0.2) is 45.0 Å². The number of aromatic nitrogens is 5. The molecule has 0 bridgehead atoms. The number of nitrogens with zero attached hydrogens (tertiary/aromatic N) is 5. The summed E-state index contributed by atoms with van der Waals surface area (Å²) >= 11 is 0. The topological polar surface area (TPSA) is 106 Å². The molecule has 36 heavy (non-hydrogen) atoms. The number of aryl methyl sites for hydroxylation is 3. The van der Waals surface area contributed by atoms with Crippen LogP contribution in [0, 0.1) is 20.8 Å². The molecule has 5 rings (SSSR count). The highest BCUT2D eigenvalue weighted by Gasteiger charge is 2.27. The summed E-state index contributed by atoms with van der Waals surface area (Å²) in [6.07, 6.45) is 2.42. The van der Waals surface area contributed by atoms with Crippen LogP contribution in [0.3, 0.4) is 0 Å². The molecule has 0 atom stereocenters. The van der Waals surface area contributed by atoms with Crippen LogP contribution < -0.4 is 16.0 Å². The minimum absolute atomic E-state index is 0.580. The predicted molar refractivity (Wildman–Crippen MR) is 141 cm³/mol. The molecule has 9 nitrogen and oxygen atoms in total. The lowest BCUT2D eigenvalue weighted by molar-refractivity contribution is 0.393. The third-order valence-electron chi connectivity index (χ3n) is 6.62. The van der Waals surface area contributed by atoms with Crippen molar-refractivity contribution in [1.29, 1.82) is 0 Å². The third kappa shape index (κ3) is 5.03. The van der Waals surface area contributed by atoms with Gasteiger partial charge < -0.3 is 20.5 Å². The van der Waals surface area contributed by atoms with Gasteiger partial charge in [0.1, 0.15) is 17.4 Å². The molecule has 0 saturated heterocycles. The van der Waals surface area contributed by atoms with E-state index in [1.807, 2.05) is 39.5 Å². The number of benzene rings is 1. The van der Waals surface area contributed by atoms with Crippen molar-refractivity contribution < 1.29 is 4.52 Å². The van der Waals surface area contributed by atoms with E-state index in [4.69, 9.17) is 19.6 Å². The lowest BCUT2D eigenvalue weighted by Crippen LogP contribution is -2.24. The molecule has 0 amide bonds. The van der Waals surface area contributed by atoms with E-state index in [2.05, 4.69) is 51.4 Å². The second-order valence-electron chi connectivity index (χ2n) is 9.53. The van der Waals surface area contributed by atoms with Gasteiger partial charge in [-0.05, 0) is 52.3 Å². The second kappa shape index (κ2) is 10.2. The molecule has 3 aromatic heterocycles. The van der Waals surface area contributed by atoms with Crippen LogP contribution in [0.4, 0.5) is 11.6 Å². The van der Waals surface area contributed by atoms with Crippen molar-refractivity contribution >= 4 is 11.6 Å². The van der Waals surface area contributed by atoms with Gasteiger partial charge >= 0.3 is 0 Å². The molecule has 1 aliphatic rings. The van der Waals surface area contributed by atoms with Crippen LogP contribution in [0.5, 0.6) is 0 Å². The fourth-order valence-corrected chi connectivity index (χ4v) is 4.40. The Labute approximate surface area is 211 Å². The van der Waals surface area contributed by atoms with Gasteiger partial charge in [-0.2, -0.15) is 5.10 Å². The zero-order chi connectivity index (χ0) is 25.2. The first-order chi connectivity index (χ1) is 17.4. The number of hydrogen-bond donors (Lipinski definition) is 3. The normalized spacial score (nSPS) is 13.4. The zero-order valence-corrected chi connectivity index (χ0v) is 21.6. The van der Waals surface area contributed by atoms with Gasteiger partial charge in [-0.3, -0.25) is 4.68 Å². The van der Waals surface area contributed by atoms with Gasteiger partial charge in [0.15, 0.2) is 5.82 Å². The van der Waals surface area contributed by atoms with E-state index in [1.54, 1.807) is 0 Å². The summed E-state index contributed by atoms with van der Waals surface area (Å²) in [6, 6.07) is 10.5. The Morgan fingerprint density at radius 1 is 1.08 bits per heavy atom. The van der Waals surface area contributed by atoms with Crippen LogP contribution in [0.2, 0.25) is 0 Å². The quantitative estimate of drug-likeness (QED) is 0.284. The Kier molecular flexibility index (Phi) is 6.84. The first-order valence-electron chi connectivity index (χ1n) is 12.5. The Hall–Kier alpha value is -3.56. The molecule has 0 unspecified atom stereocenters. The molecule has 1 saturated carbocycles. The molecule has 9 heteroatoms. The van der Waals surface area contributed by atoms with Crippen molar-refractivity contribution in [1.82, 2.24) is 35.5 Å². The molecule has 1 aliphatic carbocycles. The molecule has 188 valence electrons. The van der Waals surface area contributed by atoms with Gasteiger partial charge in [0, 0.05) is 49.8 Å². The molecule has 1 fully saturated rings. The summed E-state index contributed by atoms with van der Waals surface area (Å²) in [5, 5.41) is 19.0. The summed E-state index contributed by atoms with van der Waals surface area (Å²) in [5.74, 6) is 3.64. The molecular weight excluding hydrogens is 452 g/mol. The van der Waals surface area contributed by atoms with E-state index in [9.17, 15) is 0 Å². The van der Waals surface area contributed by atoms with Crippen molar-refractivity contribution in [3.8, 4) is 22.6 Å². The molecule has 4 aromatic rings. The van der Waals surface area contributed by atoms with Gasteiger partial charge in [0.2, 0.25) is 0 Å². The minimum atomic E-state index is 0.580. The lowest BCUT2D eigenvalue weighted by atomic mass is 10.0. The van der Waals surface area contributed by atoms with Crippen LogP contribution in [-0.2, 0) is 13.6 Å². The number of nitrogens with one attached hydrogen (secondary N) is 3. The first kappa shape index (κ1) is 24.1. The maximum atomic E-state index is 5.49. The summed E-state index contributed by atoms with van der Waals surface area (Å²) in [4.78, 5) is 10.0. The zero-order valence-electron chi connectivity index (χ0n) is 21.6. The van der Waals surface area contributed by atoms with Crippen molar-refractivity contribution in [2.45, 2.75) is 46.1 Å². The number of likely N-dealkylation sites (N-methyl/N-ethyl adjacent to an activating group) is 1. The highest BCUT2D eigenvalue weighted by molar-refractivity contribution is 5.76. The highest BCUT2D eigenvalue weighted by atomic mass is 16.5. The van der Waals surface area contributed by atoms with Crippen molar-refractivity contribution in [2.24, 2.45) is 7.05 Å². The maximum absolute atomic E-state index is 5.49. The SMILES string of the molecule is CNCCNCc1cccc(-c2nc(Nc3cc(C4CC4)nn3C)c(C)c(-c3c(C)noc3C)n2)c1. The molecule has 3 heterocycles. The average molecular weight is 487 g/mol. The van der Waals surface area contributed by atoms with Crippen LogP contribution >= 0.6 is 0 Å². The van der Waals surface area contributed by atoms with E-state index in [0.29, 0.717) is 11.7 Å². The number of rotatable bonds is 10. The Bertz CT molecular complexity index is 1350. The molecular formula is C27H34N8O. The monoisotopic (exact) mass is 486 g/mol. The highest BCUT2D eigenvalue weighted by Crippen LogP contribution is 2.40. The van der Waals surface area contributed by atoms with Crippen LogP contribution in [0.25, 0.3) is 22.6 Å². The van der Waals surface area contributed by atoms with E-state index < -0.39 is 0 Å². The largest absolute Gasteiger partial charge is 0.361 e. The summed E-state index contributed by atoms with van der Waals surface area (Å²) in [6.45, 7) is 8.51. The smallest absolute Gasteiger partial charge is 0.162 e. The molecule has 3 N–H and O–H groups in total. The second-order valence-corrected chi connectivity index (χ2v) is 9.53. The lowest BCUT2D eigenvalue weighted by Gasteiger charge is -2.15. The Morgan fingerprint density at radius 2 is 1.92 bits per heavy atom. The van der Waals surface area contributed by atoms with Crippen LogP contribution in [0.15, 0.2) is 34.9 Å². The number of anilines is 2. The fourth-order valence-electron chi connectivity index (χ4n) is 4.40. The molecule has 1 aromatic carbocycles. The predicted octanol–water partition coefficient (Wildman–Crippen LogP) is 4.39. The van der Waals surface area contributed by atoms with Gasteiger partial charge in [-0.25, -0.2) is 9.97 Å². The third-order valence-corrected chi connectivity index (χ3v) is 6.62. The summed E-state index contributed by atoms with van der Waals surface area (Å²) in [7, 11) is 3.92. The minimum Gasteiger partial charge on any atom is -0.361 e. The van der Waals surface area contributed by atoms with E-state index in [0.717, 1.165) is 70.8 Å². The first-order valence-corrected chi connectivity index (χ1v) is 12.5. The maximum Gasteiger partial charge on any atom is 0.162 e. The molecule has 0 spiro atoms. The van der Waals surface area contributed by atoms with E-state index in [1.165, 1.54) is 18.4 Å². The van der Waals surface area contributed by atoms with E-state index >= 15 is 0 Å². The Morgan fingerprint density at radius 3 is 2.64 bits per heavy atom. The van der Waals surface area contributed by atoms with Crippen molar-refractivity contribution in [3.63, 3.8) is 0 Å². The summed E-state index contributed by atoms with van der Waals surface area (Å²) < 4.78 is 7.38. The standard InChI is InChI=1S/C27H34N8O/c1-16-25(24-17(2)34-36-18(24)3)31-27(21-8-6-7-19(13-21)15-29-12-11-28-4)32-26(16)30-23-14-22(20-9-10-20)33-35(23)5/h6-8,13-14,20,28-29H,9-12,15H2,1-5H3,(H,30,31,32). The van der Waals surface area contributed by atoms with Crippen molar-refractivity contribution in [2.75, 3.05) is 25.5 Å². The fraction of sp³-hybridized carbons (Fsp3) is 0.407. The van der Waals surface area contributed by atoms with Crippen LogP contribution in [0.1, 0.15) is 47.0 Å². The van der Waals surface area contributed by atoms with Crippen molar-refractivity contribution in [3.05, 3.63) is 58.6 Å². The van der Waals surface area contributed by atoms with Gasteiger partial charge in [-0.1, -0.05) is 23.4 Å². The van der Waals surface area contributed by atoms with E-state index in [-0.39, 0.29) is 0 Å².